The number of rotatable bonds is 4. The molecular formula is C44H19N3O10. The van der Waals surface area contributed by atoms with Gasteiger partial charge in [0.1, 0.15) is 0 Å². The first-order valence-corrected chi connectivity index (χ1v) is 17.5. The molecule has 0 aliphatic carbocycles. The number of fused-ring (bicyclic) bond motifs is 7. The fourth-order valence-electron chi connectivity index (χ4n) is 8.18. The highest BCUT2D eigenvalue weighted by Crippen LogP contribution is 2.40. The number of carbonyl (C=O) groups excluding carboxylic acids is 8. The zero-order chi connectivity index (χ0) is 39.0. The molecule has 0 spiro atoms. The summed E-state index contributed by atoms with van der Waals surface area (Å²) in [6, 6.07) is 28.8. The maximum absolute atomic E-state index is 13.9. The van der Waals surface area contributed by atoms with Gasteiger partial charge < -0.3 is 14.5 Å². The van der Waals surface area contributed by atoms with Crippen LogP contribution in [0, 0.1) is 0 Å². The molecule has 5 heterocycles. The van der Waals surface area contributed by atoms with E-state index in [9.17, 15) is 38.4 Å². The average Bonchev–Trinajstić information content (AvgIpc) is 3.96. The summed E-state index contributed by atoms with van der Waals surface area (Å²) < 4.78 is 9.58. The van der Waals surface area contributed by atoms with Crippen LogP contribution >= 0.6 is 0 Å². The number of hydrogen-bond donors (Lipinski definition) is 1. The second-order valence-corrected chi connectivity index (χ2v) is 13.8. The predicted octanol–water partition coefficient (Wildman–Crippen LogP) is 6.88. The molecule has 0 saturated heterocycles. The topological polar surface area (TPSA) is 177 Å². The molecule has 13 nitrogen and oxygen atoms in total. The van der Waals surface area contributed by atoms with Gasteiger partial charge in [0.25, 0.3) is 23.6 Å². The van der Waals surface area contributed by atoms with Gasteiger partial charge in [-0.25, -0.2) is 29.0 Å². The third kappa shape index (κ3) is 4.32. The number of benzene rings is 6. The minimum atomic E-state index is -0.789. The predicted molar refractivity (Wildman–Crippen MR) is 201 cm³/mol. The van der Waals surface area contributed by atoms with E-state index in [0.29, 0.717) is 44.1 Å². The fraction of sp³-hybridized carbons (Fsp3) is 0. The van der Waals surface area contributed by atoms with E-state index in [4.69, 9.17) is 9.47 Å². The number of hydrogen-bond acceptors (Lipinski definition) is 10. The van der Waals surface area contributed by atoms with Crippen LogP contribution in [0.1, 0.15) is 82.9 Å². The lowest BCUT2D eigenvalue weighted by atomic mass is 9.94. The zero-order valence-electron chi connectivity index (χ0n) is 28.9. The standard InChI is InChI=1S/C44H19N3O10/c48-37-25-11-7-19(23-3-1-5-27-35(23)43(54)56-41(27)52)15-31(25)39(50)46(37)21-9-13-33-29(17-21)30-18-22(10-14-34(30)45-33)47-38(49)26-12-8-20(16-32(26)40(47)51)24-4-2-6-28-36(24)44(55)57-42(28)53/h1-18,45H. The van der Waals surface area contributed by atoms with E-state index in [2.05, 4.69) is 4.98 Å². The number of imide groups is 2. The Labute approximate surface area is 318 Å². The highest BCUT2D eigenvalue weighted by Gasteiger charge is 2.40. The molecule has 0 atom stereocenters. The van der Waals surface area contributed by atoms with Crippen LogP contribution in [0.4, 0.5) is 11.4 Å². The van der Waals surface area contributed by atoms with E-state index >= 15 is 0 Å². The lowest BCUT2D eigenvalue weighted by molar-refractivity contribution is 0.0426. The number of aromatic amines is 1. The molecule has 7 aromatic rings. The van der Waals surface area contributed by atoms with Gasteiger partial charge in [-0.2, -0.15) is 0 Å². The summed E-state index contributed by atoms with van der Waals surface area (Å²) in [5.41, 5.74) is 4.57. The molecule has 1 aromatic heterocycles. The quantitative estimate of drug-likeness (QED) is 0.113. The van der Waals surface area contributed by atoms with Gasteiger partial charge in [0.05, 0.1) is 55.9 Å². The van der Waals surface area contributed by atoms with Crippen molar-refractivity contribution >= 4 is 80.7 Å². The number of aromatic nitrogens is 1. The number of esters is 4. The minimum absolute atomic E-state index is 0.0909. The lowest BCUT2D eigenvalue weighted by Gasteiger charge is -2.15. The van der Waals surface area contributed by atoms with Gasteiger partial charge in [-0.05, 0) is 95.1 Å². The number of H-pyrrole nitrogens is 1. The first-order chi connectivity index (χ1) is 27.6. The third-order valence-corrected chi connectivity index (χ3v) is 10.8. The number of ether oxygens (including phenoxy) is 2. The first-order valence-electron chi connectivity index (χ1n) is 17.5. The Balaban J connectivity index is 0.936. The van der Waals surface area contributed by atoms with Crippen molar-refractivity contribution in [2.24, 2.45) is 0 Å². The number of cyclic esters (lactones) is 4. The Hall–Kier alpha value is -8.32. The van der Waals surface area contributed by atoms with Crippen molar-refractivity contribution in [3.8, 4) is 22.3 Å². The van der Waals surface area contributed by atoms with Crippen LogP contribution in [0.25, 0.3) is 44.1 Å². The molecule has 0 radical (unpaired) electrons. The Bertz CT molecular complexity index is 3000. The average molecular weight is 750 g/mol. The van der Waals surface area contributed by atoms with Crippen molar-refractivity contribution in [1.82, 2.24) is 4.98 Å². The molecule has 4 amide bonds. The summed E-state index contributed by atoms with van der Waals surface area (Å²) in [7, 11) is 0. The maximum atomic E-state index is 13.9. The van der Waals surface area contributed by atoms with Gasteiger partial charge in [0.2, 0.25) is 0 Å². The van der Waals surface area contributed by atoms with Gasteiger partial charge >= 0.3 is 23.9 Å². The Morgan fingerprint density at radius 1 is 0.368 bits per heavy atom. The number of amides is 4. The molecule has 6 aromatic carbocycles. The van der Waals surface area contributed by atoms with Crippen LogP contribution in [0.3, 0.4) is 0 Å². The van der Waals surface area contributed by atoms with Gasteiger partial charge in [-0.1, -0.05) is 36.4 Å². The smallest absolute Gasteiger partial charge is 0.347 e. The largest absolute Gasteiger partial charge is 0.386 e. The molecule has 0 fully saturated rings. The number of nitrogens with zero attached hydrogens (tertiary/aromatic N) is 2. The summed E-state index contributed by atoms with van der Waals surface area (Å²) in [5.74, 6) is -5.36. The van der Waals surface area contributed by atoms with E-state index in [-0.39, 0.29) is 55.9 Å². The van der Waals surface area contributed by atoms with Gasteiger partial charge in [-0.15, -0.1) is 0 Å². The molecule has 4 aliphatic heterocycles. The summed E-state index contributed by atoms with van der Waals surface area (Å²) in [6.07, 6.45) is 0. The van der Waals surface area contributed by atoms with Gasteiger partial charge in [0.15, 0.2) is 0 Å². The second-order valence-electron chi connectivity index (χ2n) is 13.8. The number of anilines is 2. The summed E-state index contributed by atoms with van der Waals surface area (Å²) in [5, 5.41) is 1.23. The van der Waals surface area contributed by atoms with Crippen LogP contribution in [0.2, 0.25) is 0 Å². The van der Waals surface area contributed by atoms with E-state index in [0.717, 1.165) is 9.80 Å². The van der Waals surface area contributed by atoms with Crippen LogP contribution in [0.5, 0.6) is 0 Å². The summed E-state index contributed by atoms with van der Waals surface area (Å²) in [4.78, 5) is 110. The molecule has 11 rings (SSSR count). The summed E-state index contributed by atoms with van der Waals surface area (Å²) >= 11 is 0. The second kappa shape index (κ2) is 11.1. The molecule has 0 saturated carbocycles. The normalized spacial score (nSPS) is 15.5. The first kappa shape index (κ1) is 32.1. The van der Waals surface area contributed by atoms with Crippen molar-refractivity contribution in [3.05, 3.63) is 154 Å². The molecule has 4 aliphatic rings. The van der Waals surface area contributed by atoms with Crippen LogP contribution in [-0.4, -0.2) is 52.5 Å². The molecular weight excluding hydrogens is 730 g/mol. The SMILES string of the molecule is O=C1OC(=O)c2c1cccc2-c1ccc2c(c1)C(=O)N(c1ccc3[nH]c4ccc(N5C(=O)c6ccc(-c7cccc8c7C(=O)OC8=O)cc6C5=O)cc4c3c1)C2=O. The Kier molecular flexibility index (Phi) is 6.27. The molecule has 0 unspecified atom stereocenters. The number of nitrogens with one attached hydrogen (secondary N) is 1. The van der Waals surface area contributed by atoms with Crippen molar-refractivity contribution in [3.63, 3.8) is 0 Å². The van der Waals surface area contributed by atoms with Crippen LogP contribution < -0.4 is 9.80 Å². The minimum Gasteiger partial charge on any atom is -0.386 e. The van der Waals surface area contributed by atoms with E-state index in [1.54, 1.807) is 72.8 Å². The van der Waals surface area contributed by atoms with Gasteiger partial charge in [-0.3, -0.25) is 19.2 Å². The van der Waals surface area contributed by atoms with Crippen molar-refractivity contribution in [1.29, 1.82) is 0 Å². The molecule has 13 heteroatoms. The molecule has 0 bridgehead atoms. The maximum Gasteiger partial charge on any atom is 0.347 e. The highest BCUT2D eigenvalue weighted by atomic mass is 16.6. The zero-order valence-corrected chi connectivity index (χ0v) is 28.9. The van der Waals surface area contributed by atoms with Crippen LogP contribution in [0.15, 0.2) is 109 Å². The fourth-order valence-corrected chi connectivity index (χ4v) is 8.18. The van der Waals surface area contributed by atoms with E-state index in [1.165, 1.54) is 36.4 Å². The molecule has 270 valence electrons. The molecule has 57 heavy (non-hydrogen) atoms. The Morgan fingerprint density at radius 2 is 0.772 bits per heavy atom. The van der Waals surface area contributed by atoms with Crippen molar-refractivity contribution in [2.45, 2.75) is 0 Å². The van der Waals surface area contributed by atoms with E-state index < -0.39 is 47.5 Å². The van der Waals surface area contributed by atoms with E-state index in [1.807, 2.05) is 0 Å². The number of carbonyl (C=O) groups is 8. The Morgan fingerprint density at radius 3 is 1.21 bits per heavy atom. The van der Waals surface area contributed by atoms with Crippen LogP contribution in [-0.2, 0) is 9.47 Å². The molecule has 1 N–H and O–H groups in total. The summed E-state index contributed by atoms with van der Waals surface area (Å²) in [6.45, 7) is 0. The lowest BCUT2D eigenvalue weighted by Crippen LogP contribution is -2.29. The third-order valence-electron chi connectivity index (χ3n) is 10.8. The highest BCUT2D eigenvalue weighted by molar-refractivity contribution is 6.36. The van der Waals surface area contributed by atoms with Crippen molar-refractivity contribution in [2.75, 3.05) is 9.80 Å². The monoisotopic (exact) mass is 749 g/mol. The van der Waals surface area contributed by atoms with Gasteiger partial charge in [0, 0.05) is 21.8 Å². The van der Waals surface area contributed by atoms with Crippen molar-refractivity contribution < 1.29 is 47.8 Å².